The van der Waals surface area contributed by atoms with Crippen LogP contribution in [0, 0.1) is 11.3 Å². The van der Waals surface area contributed by atoms with Crippen molar-refractivity contribution in [1.29, 1.82) is 5.26 Å². The van der Waals surface area contributed by atoms with E-state index in [1.807, 2.05) is 31.2 Å². The highest BCUT2D eigenvalue weighted by molar-refractivity contribution is 6.09. The van der Waals surface area contributed by atoms with Crippen molar-refractivity contribution in [2.24, 2.45) is 0 Å². The maximum atomic E-state index is 12.4. The van der Waals surface area contributed by atoms with Crippen molar-refractivity contribution < 1.29 is 14.3 Å². The van der Waals surface area contributed by atoms with Crippen molar-refractivity contribution in [2.45, 2.75) is 19.4 Å². The number of ether oxygens (including phenoxy) is 2. The van der Waals surface area contributed by atoms with Gasteiger partial charge in [0.05, 0.1) is 7.11 Å². The third kappa shape index (κ3) is 3.81. The highest BCUT2D eigenvalue weighted by atomic mass is 16.5. The second-order valence-electron chi connectivity index (χ2n) is 5.86. The Labute approximate surface area is 146 Å². The van der Waals surface area contributed by atoms with Crippen LogP contribution in [0.2, 0.25) is 0 Å². The fraction of sp³-hybridized carbons (Fsp3) is 0.200. The maximum absolute atomic E-state index is 12.4. The Balaban J connectivity index is 1.79. The summed E-state index contributed by atoms with van der Waals surface area (Å²) in [7, 11) is 1.56. The van der Waals surface area contributed by atoms with Gasteiger partial charge < -0.3 is 14.8 Å². The molecule has 1 aliphatic rings. The molecule has 1 heterocycles. The van der Waals surface area contributed by atoms with Crippen LogP contribution >= 0.6 is 0 Å². The van der Waals surface area contributed by atoms with Crippen molar-refractivity contribution in [1.82, 2.24) is 0 Å². The van der Waals surface area contributed by atoms with E-state index in [9.17, 15) is 10.1 Å². The highest BCUT2D eigenvalue weighted by Gasteiger charge is 2.19. The van der Waals surface area contributed by atoms with Gasteiger partial charge in [0.25, 0.3) is 5.91 Å². The van der Waals surface area contributed by atoms with Crippen LogP contribution in [0.5, 0.6) is 11.5 Å². The zero-order valence-corrected chi connectivity index (χ0v) is 14.1. The molecule has 0 fully saturated rings. The predicted octanol–water partition coefficient (Wildman–Crippen LogP) is 3.56. The third-order valence-corrected chi connectivity index (χ3v) is 3.92. The van der Waals surface area contributed by atoms with Gasteiger partial charge in [-0.1, -0.05) is 12.1 Å². The topological polar surface area (TPSA) is 71.3 Å². The molecule has 0 saturated heterocycles. The van der Waals surface area contributed by atoms with Gasteiger partial charge in [-0.25, -0.2) is 0 Å². The number of nitrogens with zero attached hydrogens (tertiary/aromatic N) is 1. The summed E-state index contributed by atoms with van der Waals surface area (Å²) in [5.74, 6) is 1.04. The molecule has 5 nitrogen and oxygen atoms in total. The lowest BCUT2D eigenvalue weighted by atomic mass is 10.0. The molecule has 0 radical (unpaired) electrons. The lowest BCUT2D eigenvalue weighted by Crippen LogP contribution is -2.13. The number of benzene rings is 2. The van der Waals surface area contributed by atoms with Crippen molar-refractivity contribution in [3.63, 3.8) is 0 Å². The largest absolute Gasteiger partial charge is 0.497 e. The second-order valence-corrected chi connectivity index (χ2v) is 5.86. The second kappa shape index (κ2) is 7.10. The maximum Gasteiger partial charge on any atom is 0.266 e. The summed E-state index contributed by atoms with van der Waals surface area (Å²) in [6.07, 6.45) is 2.56. The summed E-state index contributed by atoms with van der Waals surface area (Å²) in [4.78, 5) is 12.4. The normalized spacial score (nSPS) is 15.7. The van der Waals surface area contributed by atoms with Gasteiger partial charge in [0.1, 0.15) is 29.2 Å². The number of nitriles is 1. The van der Waals surface area contributed by atoms with Crippen LogP contribution in [0.25, 0.3) is 6.08 Å². The first-order valence-corrected chi connectivity index (χ1v) is 7.96. The number of carbonyl (C=O) groups is 1. The Morgan fingerprint density at radius 3 is 2.96 bits per heavy atom. The number of amides is 1. The van der Waals surface area contributed by atoms with Crippen molar-refractivity contribution in [2.75, 3.05) is 12.4 Å². The van der Waals surface area contributed by atoms with Crippen LogP contribution in [0.15, 0.2) is 48.0 Å². The van der Waals surface area contributed by atoms with Gasteiger partial charge in [-0.15, -0.1) is 0 Å². The number of fused-ring (bicyclic) bond motifs is 1. The highest BCUT2D eigenvalue weighted by Crippen LogP contribution is 2.30. The third-order valence-electron chi connectivity index (χ3n) is 3.92. The van der Waals surface area contributed by atoms with E-state index in [-0.39, 0.29) is 11.7 Å². The lowest BCUT2D eigenvalue weighted by Gasteiger charge is -2.06. The number of rotatable bonds is 4. The predicted molar refractivity (Wildman–Crippen MR) is 95.4 cm³/mol. The van der Waals surface area contributed by atoms with Crippen LogP contribution in [-0.4, -0.2) is 19.1 Å². The molecule has 2 aromatic rings. The van der Waals surface area contributed by atoms with E-state index in [1.54, 1.807) is 37.5 Å². The summed E-state index contributed by atoms with van der Waals surface area (Å²) in [5, 5.41) is 12.1. The quantitative estimate of drug-likeness (QED) is 0.685. The van der Waals surface area contributed by atoms with Gasteiger partial charge in [-0.05, 0) is 48.4 Å². The molecule has 0 saturated carbocycles. The molecule has 126 valence electrons. The number of nitrogens with one attached hydrogen (secondary N) is 1. The molecule has 1 aliphatic heterocycles. The van der Waals surface area contributed by atoms with Crippen LogP contribution in [0.1, 0.15) is 18.1 Å². The summed E-state index contributed by atoms with van der Waals surface area (Å²) >= 11 is 0. The summed E-state index contributed by atoms with van der Waals surface area (Å²) in [6, 6.07) is 14.6. The van der Waals surface area contributed by atoms with Crippen molar-refractivity contribution in [3.05, 3.63) is 59.2 Å². The fourth-order valence-corrected chi connectivity index (χ4v) is 2.75. The summed E-state index contributed by atoms with van der Waals surface area (Å²) in [6.45, 7) is 2.01. The van der Waals surface area contributed by atoms with Gasteiger partial charge in [0.2, 0.25) is 0 Å². The van der Waals surface area contributed by atoms with Crippen molar-refractivity contribution in [3.8, 4) is 17.6 Å². The molecule has 3 rings (SSSR count). The zero-order valence-electron chi connectivity index (χ0n) is 14.1. The molecule has 0 aliphatic carbocycles. The number of anilines is 1. The average Bonchev–Trinajstić information content (AvgIpc) is 2.98. The molecule has 1 N–H and O–H groups in total. The molecule has 2 aromatic carbocycles. The molecule has 0 unspecified atom stereocenters. The van der Waals surface area contributed by atoms with E-state index in [4.69, 9.17) is 9.47 Å². The number of methoxy groups -OCH3 is 1. The molecule has 1 atom stereocenters. The number of hydrogen-bond donors (Lipinski definition) is 1. The van der Waals surface area contributed by atoms with E-state index < -0.39 is 5.91 Å². The average molecular weight is 334 g/mol. The van der Waals surface area contributed by atoms with E-state index in [1.165, 1.54) is 0 Å². The SMILES string of the molecule is COc1cccc(NC(=O)/C(C#N)=C\c2ccc3c(c2)C[C@H](C)O3)c1. The first-order valence-electron chi connectivity index (χ1n) is 7.96. The van der Waals surface area contributed by atoms with E-state index >= 15 is 0 Å². The Bertz CT molecular complexity index is 881. The Hall–Kier alpha value is -3.26. The van der Waals surface area contributed by atoms with E-state index in [0.717, 1.165) is 23.3 Å². The van der Waals surface area contributed by atoms with Gasteiger partial charge in [-0.2, -0.15) is 5.26 Å². The van der Waals surface area contributed by atoms with Crippen LogP contribution in [0.4, 0.5) is 5.69 Å². The minimum atomic E-state index is -0.458. The van der Waals surface area contributed by atoms with Gasteiger partial charge in [0, 0.05) is 18.2 Å². The minimum Gasteiger partial charge on any atom is -0.497 e. The van der Waals surface area contributed by atoms with Gasteiger partial charge in [0.15, 0.2) is 0 Å². The first-order chi connectivity index (χ1) is 12.1. The van der Waals surface area contributed by atoms with E-state index in [0.29, 0.717) is 11.4 Å². The number of carbonyl (C=O) groups excluding carboxylic acids is 1. The monoisotopic (exact) mass is 334 g/mol. The molecule has 0 bridgehead atoms. The molecule has 0 aromatic heterocycles. The van der Waals surface area contributed by atoms with Crippen LogP contribution in [-0.2, 0) is 11.2 Å². The molecular formula is C20H18N2O3. The van der Waals surface area contributed by atoms with Crippen LogP contribution in [0.3, 0.4) is 0 Å². The van der Waals surface area contributed by atoms with E-state index in [2.05, 4.69) is 5.32 Å². The first kappa shape index (κ1) is 16.6. The van der Waals surface area contributed by atoms with Gasteiger partial charge in [-0.3, -0.25) is 4.79 Å². The molecule has 5 heteroatoms. The Morgan fingerprint density at radius 2 is 2.20 bits per heavy atom. The minimum absolute atomic E-state index is 0.0368. The molecule has 25 heavy (non-hydrogen) atoms. The molecular weight excluding hydrogens is 316 g/mol. The summed E-state index contributed by atoms with van der Waals surface area (Å²) < 4.78 is 10.8. The number of hydrogen-bond acceptors (Lipinski definition) is 4. The smallest absolute Gasteiger partial charge is 0.266 e. The Morgan fingerprint density at radius 1 is 1.36 bits per heavy atom. The fourth-order valence-electron chi connectivity index (χ4n) is 2.75. The Kier molecular flexibility index (Phi) is 4.71. The standard InChI is InChI=1S/C20H18N2O3/c1-13-8-15-9-14(6-7-19(15)25-13)10-16(12-21)20(23)22-17-4-3-5-18(11-17)24-2/h3-7,9-11,13H,8H2,1-2H3,(H,22,23)/b16-10-/t13-/m0/s1. The zero-order chi connectivity index (χ0) is 17.8. The summed E-state index contributed by atoms with van der Waals surface area (Å²) in [5.41, 5.74) is 2.50. The van der Waals surface area contributed by atoms with Crippen LogP contribution < -0.4 is 14.8 Å². The molecule has 1 amide bonds. The van der Waals surface area contributed by atoms with Crippen molar-refractivity contribution >= 4 is 17.7 Å². The molecule has 0 spiro atoms. The van der Waals surface area contributed by atoms with Gasteiger partial charge >= 0.3 is 0 Å². The lowest BCUT2D eigenvalue weighted by molar-refractivity contribution is -0.112.